The number of pyridine rings is 1. The van der Waals surface area contributed by atoms with Crippen LogP contribution in [0.4, 0.5) is 30.9 Å². The molecule has 3 N–H and O–H groups in total. The van der Waals surface area contributed by atoms with Crippen LogP contribution in [0.5, 0.6) is 0 Å². The lowest BCUT2D eigenvalue weighted by Crippen LogP contribution is -2.17. The molecular weight excluding hydrogens is 459 g/mol. The van der Waals surface area contributed by atoms with Gasteiger partial charge in [0.15, 0.2) is 11.0 Å². The number of alkyl halides is 3. The van der Waals surface area contributed by atoms with E-state index in [2.05, 4.69) is 41.1 Å². The average Bonchev–Trinajstić information content (AvgIpc) is 3.11. The third-order valence-electron chi connectivity index (χ3n) is 3.67. The molecule has 15 heteroatoms. The number of halogens is 4. The number of hydrogen-bond donors (Lipinski definition) is 3. The number of aromatic nitrogens is 6. The molecule has 0 aliphatic carbocycles. The lowest BCUT2D eigenvalue weighted by Gasteiger charge is -2.10. The predicted molar refractivity (Wildman–Crippen MR) is 111 cm³/mol. The van der Waals surface area contributed by atoms with Crippen LogP contribution >= 0.6 is 23.4 Å². The lowest BCUT2D eigenvalue weighted by molar-refractivity contribution is -0.137. The Balaban J connectivity index is 1.73. The van der Waals surface area contributed by atoms with Gasteiger partial charge in [0.05, 0.1) is 16.3 Å². The van der Waals surface area contributed by atoms with Gasteiger partial charge in [-0.2, -0.15) is 23.1 Å². The second-order valence-electron chi connectivity index (χ2n) is 5.94. The van der Waals surface area contributed by atoms with Crippen LogP contribution in [-0.2, 0) is 11.0 Å². The molecule has 3 heterocycles. The molecule has 0 unspecified atom stereocenters. The maximum atomic E-state index is 12.7. The summed E-state index contributed by atoms with van der Waals surface area (Å²) in [5.74, 6) is 0.293. The first kappa shape index (κ1) is 22.8. The highest BCUT2D eigenvalue weighted by atomic mass is 35.5. The summed E-state index contributed by atoms with van der Waals surface area (Å²) in [5.41, 5.74) is -1.01. The van der Waals surface area contributed by atoms with Gasteiger partial charge in [0, 0.05) is 19.3 Å². The quantitative estimate of drug-likeness (QED) is 0.421. The standard InChI is InChI=1S/C16H17ClF3N9OS/c1-3-21-12-25-13(22-4-2)29-14(26-12)27-28-15(29)31-7-10(30)24-11-9(17)5-8(6-23-11)16(18,19)20/h5-6H,3-4,7H2,1-2H3,(H,23,24,30)(H2,21,22,25,26,27). The molecular formula is C16H17ClF3N9OS. The summed E-state index contributed by atoms with van der Waals surface area (Å²) in [4.78, 5) is 24.5. The van der Waals surface area contributed by atoms with Gasteiger partial charge >= 0.3 is 6.18 Å². The van der Waals surface area contributed by atoms with Gasteiger partial charge in [-0.15, -0.1) is 10.2 Å². The molecule has 0 atom stereocenters. The Morgan fingerprint density at radius 2 is 1.94 bits per heavy atom. The van der Waals surface area contributed by atoms with E-state index in [1.54, 1.807) is 4.40 Å². The molecule has 1 amide bonds. The van der Waals surface area contributed by atoms with Gasteiger partial charge in [-0.3, -0.25) is 4.79 Å². The summed E-state index contributed by atoms with van der Waals surface area (Å²) in [6.45, 7) is 5.00. The molecule has 0 fully saturated rings. The van der Waals surface area contributed by atoms with Gasteiger partial charge in [0.2, 0.25) is 17.8 Å². The SMILES string of the molecule is CCNc1nc(NCC)n2c(SCC(=O)Nc3ncc(C(F)(F)F)cc3Cl)nnc2n1. The van der Waals surface area contributed by atoms with Crippen molar-refractivity contribution < 1.29 is 18.0 Å². The number of fused-ring (bicyclic) bond motifs is 1. The number of thioether (sulfide) groups is 1. The topological polar surface area (TPSA) is 122 Å². The second kappa shape index (κ2) is 9.51. The molecule has 0 bridgehead atoms. The van der Waals surface area contributed by atoms with Crippen LogP contribution in [0.3, 0.4) is 0 Å². The highest BCUT2D eigenvalue weighted by molar-refractivity contribution is 7.99. The van der Waals surface area contributed by atoms with Crippen LogP contribution in [0.2, 0.25) is 5.02 Å². The van der Waals surface area contributed by atoms with Crippen LogP contribution in [-0.4, -0.2) is 54.3 Å². The highest BCUT2D eigenvalue weighted by Gasteiger charge is 2.31. The molecule has 3 aromatic rings. The maximum Gasteiger partial charge on any atom is 0.417 e. The molecule has 0 aromatic carbocycles. The number of nitrogens with one attached hydrogen (secondary N) is 3. The zero-order valence-electron chi connectivity index (χ0n) is 16.3. The van der Waals surface area contributed by atoms with Crippen molar-refractivity contribution in [1.82, 2.24) is 29.5 Å². The van der Waals surface area contributed by atoms with E-state index in [-0.39, 0.29) is 22.4 Å². The molecule has 31 heavy (non-hydrogen) atoms. The minimum Gasteiger partial charge on any atom is -0.355 e. The Morgan fingerprint density at radius 1 is 1.19 bits per heavy atom. The zero-order valence-corrected chi connectivity index (χ0v) is 17.9. The fraction of sp³-hybridized carbons (Fsp3) is 0.375. The van der Waals surface area contributed by atoms with Crippen molar-refractivity contribution in [2.24, 2.45) is 0 Å². The van der Waals surface area contributed by atoms with Gasteiger partial charge in [0.25, 0.3) is 5.78 Å². The molecule has 0 saturated carbocycles. The number of carbonyl (C=O) groups is 1. The van der Waals surface area contributed by atoms with Crippen molar-refractivity contribution in [3.8, 4) is 0 Å². The van der Waals surface area contributed by atoms with Crippen molar-refractivity contribution in [3.63, 3.8) is 0 Å². The highest BCUT2D eigenvalue weighted by Crippen LogP contribution is 2.32. The smallest absolute Gasteiger partial charge is 0.355 e. The second-order valence-corrected chi connectivity index (χ2v) is 7.29. The molecule has 166 valence electrons. The fourth-order valence-corrected chi connectivity index (χ4v) is 3.32. The third kappa shape index (κ3) is 5.44. The van der Waals surface area contributed by atoms with E-state index in [1.165, 1.54) is 0 Å². The van der Waals surface area contributed by atoms with Crippen LogP contribution in [0.15, 0.2) is 17.4 Å². The van der Waals surface area contributed by atoms with E-state index in [0.717, 1.165) is 11.8 Å². The van der Waals surface area contributed by atoms with Crippen molar-refractivity contribution in [2.45, 2.75) is 25.2 Å². The summed E-state index contributed by atoms with van der Waals surface area (Å²) in [6.07, 6.45) is -3.98. The van der Waals surface area contributed by atoms with E-state index >= 15 is 0 Å². The summed E-state index contributed by atoms with van der Waals surface area (Å²) in [5, 5.41) is 16.5. The largest absolute Gasteiger partial charge is 0.417 e. The van der Waals surface area contributed by atoms with Crippen LogP contribution in [0.1, 0.15) is 19.4 Å². The molecule has 3 aromatic heterocycles. The number of hydrogen-bond acceptors (Lipinski definition) is 9. The number of carbonyl (C=O) groups excluding carboxylic acids is 1. The average molecular weight is 476 g/mol. The number of amides is 1. The molecule has 3 rings (SSSR count). The van der Waals surface area contributed by atoms with Crippen molar-refractivity contribution in [2.75, 3.05) is 34.8 Å². The number of anilines is 3. The molecule has 0 radical (unpaired) electrons. The molecule has 0 aliphatic heterocycles. The summed E-state index contributed by atoms with van der Waals surface area (Å²) < 4.78 is 39.7. The van der Waals surface area contributed by atoms with E-state index in [0.29, 0.717) is 42.4 Å². The van der Waals surface area contributed by atoms with Crippen molar-refractivity contribution in [3.05, 3.63) is 22.8 Å². The zero-order chi connectivity index (χ0) is 22.6. The normalized spacial score (nSPS) is 11.5. The van der Waals surface area contributed by atoms with Gasteiger partial charge < -0.3 is 16.0 Å². The van der Waals surface area contributed by atoms with Gasteiger partial charge in [0.1, 0.15) is 0 Å². The molecule has 10 nitrogen and oxygen atoms in total. The first-order valence-electron chi connectivity index (χ1n) is 8.99. The first-order valence-corrected chi connectivity index (χ1v) is 10.4. The maximum absolute atomic E-state index is 12.7. The molecule has 0 spiro atoms. The third-order valence-corrected chi connectivity index (χ3v) is 4.89. The fourth-order valence-electron chi connectivity index (χ4n) is 2.38. The van der Waals surface area contributed by atoms with Crippen molar-refractivity contribution >= 4 is 52.8 Å². The van der Waals surface area contributed by atoms with E-state index in [4.69, 9.17) is 11.6 Å². The van der Waals surface area contributed by atoms with Gasteiger partial charge in [-0.05, 0) is 19.9 Å². The van der Waals surface area contributed by atoms with Crippen LogP contribution in [0.25, 0.3) is 5.78 Å². The molecule has 0 aliphatic rings. The monoisotopic (exact) mass is 475 g/mol. The minimum atomic E-state index is -4.58. The van der Waals surface area contributed by atoms with Gasteiger partial charge in [-0.1, -0.05) is 23.4 Å². The minimum absolute atomic E-state index is 0.125. The van der Waals surface area contributed by atoms with Gasteiger partial charge in [-0.25, -0.2) is 9.38 Å². The lowest BCUT2D eigenvalue weighted by atomic mass is 10.3. The van der Waals surface area contributed by atoms with E-state index in [9.17, 15) is 18.0 Å². The Bertz CT molecular complexity index is 1090. The van der Waals surface area contributed by atoms with Crippen LogP contribution < -0.4 is 16.0 Å². The molecule has 0 saturated heterocycles. The van der Waals surface area contributed by atoms with Crippen LogP contribution in [0, 0.1) is 0 Å². The first-order chi connectivity index (χ1) is 14.7. The summed E-state index contributed by atoms with van der Waals surface area (Å²) in [6, 6.07) is 0.700. The Kier molecular flexibility index (Phi) is 7.00. The predicted octanol–water partition coefficient (Wildman–Crippen LogP) is 3.18. The number of nitrogens with zero attached hydrogens (tertiary/aromatic N) is 6. The van der Waals surface area contributed by atoms with E-state index in [1.807, 2.05) is 13.8 Å². The Hall–Kier alpha value is -2.87. The Morgan fingerprint density at radius 3 is 2.58 bits per heavy atom. The van der Waals surface area contributed by atoms with Crippen molar-refractivity contribution in [1.29, 1.82) is 0 Å². The summed E-state index contributed by atoms with van der Waals surface area (Å²) >= 11 is 6.85. The van der Waals surface area contributed by atoms with E-state index < -0.39 is 17.6 Å². The summed E-state index contributed by atoms with van der Waals surface area (Å²) in [7, 11) is 0. The number of rotatable bonds is 8. The Labute approximate surface area is 183 Å².